The van der Waals surface area contributed by atoms with E-state index < -0.39 is 0 Å². The van der Waals surface area contributed by atoms with Gasteiger partial charge in [-0.25, -0.2) is 9.37 Å². The molecule has 0 radical (unpaired) electrons. The van der Waals surface area contributed by atoms with E-state index in [4.69, 9.17) is 4.52 Å². The van der Waals surface area contributed by atoms with Crippen molar-refractivity contribution in [1.82, 2.24) is 25.2 Å². The Morgan fingerprint density at radius 1 is 1.15 bits per heavy atom. The number of hydrogen-bond donors (Lipinski definition) is 2. The Morgan fingerprint density at radius 2 is 1.95 bits per heavy atom. The molecule has 9 nitrogen and oxygen atoms in total. The Morgan fingerprint density at radius 3 is 2.67 bits per heavy atom. The van der Waals surface area contributed by atoms with Gasteiger partial charge in [-0.15, -0.1) is 0 Å². The molecule has 10 heteroatoms. The molecule has 1 aromatic carbocycles. The average Bonchev–Trinajstić information content (AvgIpc) is 3.48. The van der Waals surface area contributed by atoms with Gasteiger partial charge in [-0.05, 0) is 73.9 Å². The quantitative estimate of drug-likeness (QED) is 0.342. The van der Waals surface area contributed by atoms with Crippen molar-refractivity contribution in [3.05, 3.63) is 59.0 Å². The molecule has 0 spiro atoms. The van der Waals surface area contributed by atoms with Crippen LogP contribution in [0, 0.1) is 25.6 Å². The van der Waals surface area contributed by atoms with Crippen LogP contribution in [0.1, 0.15) is 73.0 Å². The van der Waals surface area contributed by atoms with Crippen molar-refractivity contribution >= 4 is 28.5 Å². The summed E-state index contributed by atoms with van der Waals surface area (Å²) in [6, 6.07) is 6.68. The van der Waals surface area contributed by atoms with Crippen molar-refractivity contribution in [1.29, 1.82) is 0 Å². The van der Waals surface area contributed by atoms with Gasteiger partial charge in [0, 0.05) is 42.4 Å². The molecule has 2 amide bonds. The maximum Gasteiger partial charge on any atom is 0.273 e. The number of aryl methyl sites for hydroxylation is 3. The lowest BCUT2D eigenvalue weighted by Gasteiger charge is -2.28. The normalized spacial score (nSPS) is 17.5. The van der Waals surface area contributed by atoms with E-state index in [1.807, 2.05) is 20.0 Å². The molecule has 204 valence electrons. The van der Waals surface area contributed by atoms with Crippen molar-refractivity contribution in [2.75, 3.05) is 5.32 Å². The van der Waals surface area contributed by atoms with Crippen molar-refractivity contribution in [3.63, 3.8) is 0 Å². The summed E-state index contributed by atoms with van der Waals surface area (Å²) >= 11 is 0. The van der Waals surface area contributed by atoms with E-state index in [0.717, 1.165) is 41.5 Å². The number of nitrogens with one attached hydrogen (secondary N) is 2. The number of amides is 2. The second-order valence-corrected chi connectivity index (χ2v) is 10.7. The molecule has 2 N–H and O–H groups in total. The number of pyridine rings is 1. The Bertz CT molecular complexity index is 1560. The summed E-state index contributed by atoms with van der Waals surface area (Å²) in [5.74, 6) is 0.0308. The summed E-state index contributed by atoms with van der Waals surface area (Å²) in [6.45, 7) is 7.76. The van der Waals surface area contributed by atoms with Crippen molar-refractivity contribution in [2.24, 2.45) is 13.0 Å². The third kappa shape index (κ3) is 5.41. The number of carbonyl (C=O) groups excluding carboxylic acids is 2. The fraction of sp³-hybridized carbons (Fsp3) is 0.414. The summed E-state index contributed by atoms with van der Waals surface area (Å²) in [5.41, 5.74) is 3.90. The molecule has 3 aromatic heterocycles. The zero-order valence-electron chi connectivity index (χ0n) is 22.8. The van der Waals surface area contributed by atoms with Gasteiger partial charge in [0.15, 0.2) is 11.5 Å². The minimum Gasteiger partial charge on any atom is -0.361 e. The summed E-state index contributed by atoms with van der Waals surface area (Å²) in [6.07, 6.45) is 4.54. The topological polar surface area (TPSA) is 115 Å². The molecule has 1 saturated carbocycles. The van der Waals surface area contributed by atoms with E-state index >= 15 is 4.39 Å². The first-order valence-electron chi connectivity index (χ1n) is 13.3. The molecule has 3 heterocycles. The van der Waals surface area contributed by atoms with Gasteiger partial charge < -0.3 is 15.2 Å². The van der Waals surface area contributed by atoms with Crippen LogP contribution in [-0.2, 0) is 11.8 Å². The van der Waals surface area contributed by atoms with E-state index in [-0.39, 0.29) is 41.2 Å². The van der Waals surface area contributed by atoms with E-state index in [0.29, 0.717) is 29.1 Å². The maximum atomic E-state index is 15.1. The maximum absolute atomic E-state index is 15.1. The van der Waals surface area contributed by atoms with Crippen LogP contribution in [0.4, 0.5) is 10.2 Å². The number of carbonyl (C=O) groups is 2. The highest BCUT2D eigenvalue weighted by atomic mass is 19.1. The molecule has 4 aromatic rings. The predicted molar refractivity (Wildman–Crippen MR) is 146 cm³/mol. The van der Waals surface area contributed by atoms with Gasteiger partial charge in [-0.1, -0.05) is 25.4 Å². The zero-order valence-corrected chi connectivity index (χ0v) is 22.8. The monoisotopic (exact) mass is 532 g/mol. The number of fused-ring (bicyclic) bond motifs is 1. The minimum atomic E-state index is -0.386. The summed E-state index contributed by atoms with van der Waals surface area (Å²) in [7, 11) is 1.83. The first kappa shape index (κ1) is 26.5. The lowest BCUT2D eigenvalue weighted by Crippen LogP contribution is -2.41. The summed E-state index contributed by atoms with van der Waals surface area (Å²) in [4.78, 5) is 30.1. The number of benzene rings is 1. The Hall–Kier alpha value is -4.08. The van der Waals surface area contributed by atoms with E-state index in [2.05, 4.69) is 39.7 Å². The van der Waals surface area contributed by atoms with Gasteiger partial charge in [0.05, 0.1) is 0 Å². The second-order valence-electron chi connectivity index (χ2n) is 10.7. The molecule has 1 aliphatic rings. The molecular weight excluding hydrogens is 499 g/mol. The molecule has 0 unspecified atom stereocenters. The first-order chi connectivity index (χ1) is 18.6. The molecule has 0 aliphatic heterocycles. The first-order valence-corrected chi connectivity index (χ1v) is 13.3. The van der Waals surface area contributed by atoms with Crippen LogP contribution in [0.15, 0.2) is 35.0 Å². The van der Waals surface area contributed by atoms with Crippen molar-refractivity contribution in [3.8, 4) is 11.1 Å². The molecule has 0 bridgehead atoms. The lowest BCUT2D eigenvalue weighted by atomic mass is 9.85. The van der Waals surface area contributed by atoms with Gasteiger partial charge in [0.1, 0.15) is 17.1 Å². The number of aromatic nitrogens is 4. The summed E-state index contributed by atoms with van der Waals surface area (Å²) < 4.78 is 21.8. The molecule has 5 rings (SSSR count). The standard InChI is InChI=1S/C29H33FN6O3/c1-15(2)27-22-11-19(12-23(30)26(22)34-36(27)5)21-13-25(31-14-16(21)3)33-28(37)18-7-6-8-20(10-18)32-29(38)24-9-17(4)39-35-24/h9,11-15,18,20H,6-8,10H2,1-5H3,(H,32,38)(H,31,33,37)/t18-,20+/m0/s1. The second kappa shape index (κ2) is 10.6. The third-order valence-electron chi connectivity index (χ3n) is 7.39. The van der Waals surface area contributed by atoms with Crippen LogP contribution in [0.2, 0.25) is 0 Å². The van der Waals surface area contributed by atoms with E-state index in [9.17, 15) is 9.59 Å². The molecule has 1 fully saturated rings. The highest BCUT2D eigenvalue weighted by Crippen LogP contribution is 2.34. The van der Waals surface area contributed by atoms with Gasteiger partial charge in [0.25, 0.3) is 5.91 Å². The predicted octanol–water partition coefficient (Wildman–Crippen LogP) is 5.43. The Balaban J connectivity index is 1.33. The SMILES string of the molecule is Cc1cc(C(=O)N[C@@H]2CCC[C@H](C(=O)Nc3cc(-c4cc(F)c5nn(C)c(C(C)C)c5c4)c(C)cn3)C2)no1. The number of rotatable bonds is 6. The number of halogens is 1. The van der Waals surface area contributed by atoms with E-state index in [1.165, 1.54) is 6.07 Å². The van der Waals surface area contributed by atoms with Crippen LogP contribution >= 0.6 is 0 Å². The van der Waals surface area contributed by atoms with Crippen molar-refractivity contribution in [2.45, 2.75) is 65.3 Å². The molecule has 39 heavy (non-hydrogen) atoms. The third-order valence-corrected chi connectivity index (χ3v) is 7.39. The lowest BCUT2D eigenvalue weighted by molar-refractivity contribution is -0.121. The van der Waals surface area contributed by atoms with Crippen LogP contribution in [0.3, 0.4) is 0 Å². The average molecular weight is 533 g/mol. The molecule has 0 saturated heterocycles. The largest absolute Gasteiger partial charge is 0.361 e. The number of hydrogen-bond acceptors (Lipinski definition) is 6. The zero-order chi connectivity index (χ0) is 27.8. The summed E-state index contributed by atoms with van der Waals surface area (Å²) in [5, 5.41) is 14.8. The smallest absolute Gasteiger partial charge is 0.273 e. The van der Waals surface area contributed by atoms with Crippen LogP contribution < -0.4 is 10.6 Å². The van der Waals surface area contributed by atoms with E-state index in [1.54, 1.807) is 29.9 Å². The van der Waals surface area contributed by atoms with Crippen molar-refractivity contribution < 1.29 is 18.5 Å². The highest BCUT2D eigenvalue weighted by Gasteiger charge is 2.29. The number of anilines is 1. The molecular formula is C29H33FN6O3. The van der Waals surface area contributed by atoms with Gasteiger partial charge >= 0.3 is 0 Å². The Kier molecular flexibility index (Phi) is 7.20. The minimum absolute atomic E-state index is 0.134. The van der Waals surface area contributed by atoms with Gasteiger partial charge in [-0.2, -0.15) is 5.10 Å². The fourth-order valence-electron chi connectivity index (χ4n) is 5.54. The van der Waals surface area contributed by atoms with Gasteiger partial charge in [-0.3, -0.25) is 14.3 Å². The van der Waals surface area contributed by atoms with Crippen LogP contribution in [-0.4, -0.2) is 37.8 Å². The Labute approximate surface area is 226 Å². The molecule has 1 aliphatic carbocycles. The highest BCUT2D eigenvalue weighted by molar-refractivity contribution is 5.94. The fourth-order valence-corrected chi connectivity index (χ4v) is 5.54. The van der Waals surface area contributed by atoms with Gasteiger partial charge in [0.2, 0.25) is 5.91 Å². The number of nitrogens with zero attached hydrogens (tertiary/aromatic N) is 4. The van der Waals surface area contributed by atoms with Crippen LogP contribution in [0.5, 0.6) is 0 Å². The van der Waals surface area contributed by atoms with Crippen LogP contribution in [0.25, 0.3) is 22.0 Å². The molecule has 2 atom stereocenters.